The number of thiazole rings is 1. The zero-order chi connectivity index (χ0) is 13.0. The topological polar surface area (TPSA) is 37.8 Å². The highest BCUT2D eigenvalue weighted by Gasteiger charge is 2.12. The first kappa shape index (κ1) is 13.2. The van der Waals surface area contributed by atoms with Crippen molar-refractivity contribution in [3.8, 4) is 10.6 Å². The van der Waals surface area contributed by atoms with Gasteiger partial charge in [-0.15, -0.1) is 11.3 Å². The molecule has 1 unspecified atom stereocenters. The Bertz CT molecular complexity index is 507. The van der Waals surface area contributed by atoms with Gasteiger partial charge >= 0.3 is 0 Å². The third-order valence-corrected chi connectivity index (χ3v) is 4.19. The molecule has 3 nitrogen and oxygen atoms in total. The van der Waals surface area contributed by atoms with Gasteiger partial charge in [-0.3, -0.25) is 4.98 Å². The number of aromatic nitrogens is 2. The summed E-state index contributed by atoms with van der Waals surface area (Å²) in [6.07, 6.45) is 6.74. The van der Waals surface area contributed by atoms with Gasteiger partial charge in [0.1, 0.15) is 5.01 Å². The van der Waals surface area contributed by atoms with Crippen LogP contribution >= 0.6 is 11.3 Å². The van der Waals surface area contributed by atoms with Crippen LogP contribution in [0.25, 0.3) is 10.6 Å². The summed E-state index contributed by atoms with van der Waals surface area (Å²) in [5, 5.41) is 4.50. The molecular formula is C14H19N3S. The Morgan fingerprint density at radius 3 is 2.89 bits per heavy atom. The Morgan fingerprint density at radius 2 is 2.17 bits per heavy atom. The molecule has 1 atom stereocenters. The quantitative estimate of drug-likeness (QED) is 0.896. The molecule has 18 heavy (non-hydrogen) atoms. The van der Waals surface area contributed by atoms with Crippen molar-refractivity contribution in [2.24, 2.45) is 0 Å². The highest BCUT2D eigenvalue weighted by Crippen LogP contribution is 2.30. The molecule has 0 amide bonds. The van der Waals surface area contributed by atoms with Crippen LogP contribution in [0.4, 0.5) is 0 Å². The van der Waals surface area contributed by atoms with Gasteiger partial charge in [0.2, 0.25) is 0 Å². The van der Waals surface area contributed by atoms with E-state index in [1.54, 1.807) is 11.3 Å². The van der Waals surface area contributed by atoms with Crippen molar-refractivity contribution in [3.05, 3.63) is 35.1 Å². The molecule has 2 rings (SSSR count). The predicted octanol–water partition coefficient (Wildman–Crippen LogP) is 3.44. The molecule has 0 bridgehead atoms. The van der Waals surface area contributed by atoms with Crippen molar-refractivity contribution >= 4 is 11.3 Å². The van der Waals surface area contributed by atoms with E-state index >= 15 is 0 Å². The fraction of sp³-hybridized carbons (Fsp3) is 0.429. The molecule has 1 N–H and O–H groups in total. The molecule has 96 valence electrons. The van der Waals surface area contributed by atoms with E-state index in [4.69, 9.17) is 0 Å². The maximum absolute atomic E-state index is 4.55. The summed E-state index contributed by atoms with van der Waals surface area (Å²) in [6.45, 7) is 7.42. The van der Waals surface area contributed by atoms with E-state index in [0.29, 0.717) is 6.04 Å². The van der Waals surface area contributed by atoms with Gasteiger partial charge in [0, 0.05) is 35.1 Å². The number of nitrogens with zero attached hydrogens (tertiary/aromatic N) is 2. The number of aryl methyl sites for hydroxylation is 1. The maximum Gasteiger partial charge on any atom is 0.123 e. The van der Waals surface area contributed by atoms with Gasteiger partial charge in [0.25, 0.3) is 0 Å². The second kappa shape index (κ2) is 6.07. The lowest BCUT2D eigenvalue weighted by atomic mass is 10.1. The first-order valence-corrected chi connectivity index (χ1v) is 7.20. The first-order valence-electron chi connectivity index (χ1n) is 6.38. The summed E-state index contributed by atoms with van der Waals surface area (Å²) >= 11 is 1.76. The predicted molar refractivity (Wildman–Crippen MR) is 76.8 cm³/mol. The molecule has 0 saturated carbocycles. The number of rotatable bonds is 5. The van der Waals surface area contributed by atoms with Gasteiger partial charge in [-0.25, -0.2) is 4.98 Å². The number of nitrogens with one attached hydrogen (secondary N) is 1. The van der Waals surface area contributed by atoms with Crippen molar-refractivity contribution in [1.29, 1.82) is 0 Å². The van der Waals surface area contributed by atoms with Crippen molar-refractivity contribution in [1.82, 2.24) is 15.3 Å². The summed E-state index contributed by atoms with van der Waals surface area (Å²) < 4.78 is 0. The lowest BCUT2D eigenvalue weighted by molar-refractivity contribution is 0.606. The molecule has 0 radical (unpaired) electrons. The molecule has 0 aliphatic heterocycles. The Morgan fingerprint density at radius 1 is 1.33 bits per heavy atom. The van der Waals surface area contributed by atoms with Gasteiger partial charge in [-0.05, 0) is 31.5 Å². The van der Waals surface area contributed by atoms with Crippen LogP contribution in [0, 0.1) is 0 Å². The second-order valence-electron chi connectivity index (χ2n) is 4.23. The van der Waals surface area contributed by atoms with E-state index in [9.17, 15) is 0 Å². The summed E-state index contributed by atoms with van der Waals surface area (Å²) in [7, 11) is 0. The molecule has 0 fully saturated rings. The van der Waals surface area contributed by atoms with Crippen LogP contribution in [-0.4, -0.2) is 16.5 Å². The lowest BCUT2D eigenvalue weighted by Crippen LogP contribution is -2.16. The monoisotopic (exact) mass is 261 g/mol. The lowest BCUT2D eigenvalue weighted by Gasteiger charge is -2.08. The molecular weight excluding hydrogens is 242 g/mol. The van der Waals surface area contributed by atoms with Crippen molar-refractivity contribution in [2.75, 3.05) is 6.54 Å². The highest BCUT2D eigenvalue weighted by molar-refractivity contribution is 7.15. The minimum absolute atomic E-state index is 0.369. The van der Waals surface area contributed by atoms with Crippen LogP contribution in [-0.2, 0) is 6.42 Å². The smallest absolute Gasteiger partial charge is 0.123 e. The average molecular weight is 261 g/mol. The Labute approximate surface area is 112 Å². The standard InChI is InChI=1S/C14H19N3S/c1-4-11-8-15-7-6-12(11)14-17-9-13(18-14)10(3)16-5-2/h6-10,16H,4-5H2,1-3H3. The summed E-state index contributed by atoms with van der Waals surface area (Å²) in [5.41, 5.74) is 2.47. The van der Waals surface area contributed by atoms with Crippen molar-refractivity contribution in [3.63, 3.8) is 0 Å². The van der Waals surface area contributed by atoms with E-state index in [1.165, 1.54) is 16.0 Å². The molecule has 2 heterocycles. The van der Waals surface area contributed by atoms with Gasteiger partial charge in [-0.1, -0.05) is 13.8 Å². The minimum atomic E-state index is 0.369. The van der Waals surface area contributed by atoms with Crippen molar-refractivity contribution in [2.45, 2.75) is 33.2 Å². The van der Waals surface area contributed by atoms with Gasteiger partial charge < -0.3 is 5.32 Å². The van der Waals surface area contributed by atoms with E-state index < -0.39 is 0 Å². The third-order valence-electron chi connectivity index (χ3n) is 2.98. The maximum atomic E-state index is 4.55. The van der Waals surface area contributed by atoms with Crippen LogP contribution in [0.2, 0.25) is 0 Å². The highest BCUT2D eigenvalue weighted by atomic mass is 32.1. The van der Waals surface area contributed by atoms with E-state index in [-0.39, 0.29) is 0 Å². The van der Waals surface area contributed by atoms with E-state index in [1.807, 2.05) is 18.6 Å². The van der Waals surface area contributed by atoms with Crippen LogP contribution in [0.5, 0.6) is 0 Å². The first-order chi connectivity index (χ1) is 8.76. The van der Waals surface area contributed by atoms with Crippen LogP contribution in [0.15, 0.2) is 24.7 Å². The Hall–Kier alpha value is -1.26. The fourth-order valence-electron chi connectivity index (χ4n) is 1.94. The van der Waals surface area contributed by atoms with Gasteiger partial charge in [0.15, 0.2) is 0 Å². The molecule has 0 aliphatic carbocycles. The minimum Gasteiger partial charge on any atom is -0.310 e. The Balaban J connectivity index is 2.29. The fourth-order valence-corrected chi connectivity index (χ4v) is 2.94. The van der Waals surface area contributed by atoms with Crippen molar-refractivity contribution < 1.29 is 0 Å². The molecule has 2 aromatic rings. The molecule has 4 heteroatoms. The van der Waals surface area contributed by atoms with Gasteiger partial charge in [-0.2, -0.15) is 0 Å². The summed E-state index contributed by atoms with van der Waals surface area (Å²) in [6, 6.07) is 2.42. The largest absolute Gasteiger partial charge is 0.310 e. The molecule has 0 aliphatic rings. The average Bonchev–Trinajstić information content (AvgIpc) is 2.88. The Kier molecular flexibility index (Phi) is 4.44. The SMILES string of the molecule is CCNC(C)c1cnc(-c2ccncc2CC)s1. The van der Waals surface area contributed by atoms with Crippen LogP contribution in [0.3, 0.4) is 0 Å². The van der Waals surface area contributed by atoms with E-state index in [0.717, 1.165) is 18.0 Å². The normalized spacial score (nSPS) is 12.6. The van der Waals surface area contributed by atoms with Gasteiger partial charge in [0.05, 0.1) is 0 Å². The van der Waals surface area contributed by atoms with E-state index in [2.05, 4.69) is 42.1 Å². The molecule has 0 spiro atoms. The zero-order valence-corrected chi connectivity index (χ0v) is 11.9. The van der Waals surface area contributed by atoms with Crippen LogP contribution in [0.1, 0.15) is 37.3 Å². The number of pyridine rings is 1. The summed E-state index contributed by atoms with van der Waals surface area (Å²) in [5.74, 6) is 0. The van der Waals surface area contributed by atoms with Crippen LogP contribution < -0.4 is 5.32 Å². The molecule has 0 saturated heterocycles. The third kappa shape index (κ3) is 2.76. The zero-order valence-electron chi connectivity index (χ0n) is 11.1. The molecule has 2 aromatic heterocycles. The molecule has 0 aromatic carbocycles. The summed E-state index contributed by atoms with van der Waals surface area (Å²) in [4.78, 5) is 10.0. The second-order valence-corrected chi connectivity index (χ2v) is 5.30. The number of hydrogen-bond donors (Lipinski definition) is 1. The number of hydrogen-bond acceptors (Lipinski definition) is 4.